The first kappa shape index (κ1) is 25.6. The molecule has 0 aliphatic rings. The number of hydrogen-bond acceptors (Lipinski definition) is 5. The van der Waals surface area contributed by atoms with E-state index in [1.807, 2.05) is 19.1 Å². The molecule has 0 bridgehead atoms. The monoisotopic (exact) mass is 533 g/mol. The van der Waals surface area contributed by atoms with E-state index in [4.69, 9.17) is 18.9 Å². The van der Waals surface area contributed by atoms with Crippen LogP contribution in [0.2, 0.25) is 0 Å². The lowest BCUT2D eigenvalue weighted by atomic mass is 10.1. The second-order valence-electron chi connectivity index (χ2n) is 6.16. The highest BCUT2D eigenvalue weighted by atomic mass is 127. The van der Waals surface area contributed by atoms with Gasteiger partial charge < -0.3 is 29.6 Å². The van der Waals surface area contributed by atoms with Crippen molar-refractivity contribution in [2.75, 3.05) is 34.9 Å². The summed E-state index contributed by atoms with van der Waals surface area (Å²) in [4.78, 5) is 4.20. The summed E-state index contributed by atoms with van der Waals surface area (Å²) in [6, 6.07) is 10.0. The quantitative estimate of drug-likeness (QED) is 0.292. The molecule has 7 nitrogen and oxygen atoms in total. The number of benzene rings is 2. The Hall–Kier alpha value is -2.43. The van der Waals surface area contributed by atoms with Crippen LogP contribution in [0.15, 0.2) is 41.4 Å². The van der Waals surface area contributed by atoms with Crippen molar-refractivity contribution in [3.8, 4) is 23.0 Å². The van der Waals surface area contributed by atoms with E-state index in [1.165, 1.54) is 6.07 Å². The maximum absolute atomic E-state index is 13.7. The Morgan fingerprint density at radius 2 is 1.67 bits per heavy atom. The van der Waals surface area contributed by atoms with Crippen molar-refractivity contribution < 1.29 is 23.3 Å². The third-order valence-electron chi connectivity index (χ3n) is 4.18. The molecule has 0 saturated heterocycles. The van der Waals surface area contributed by atoms with Crippen LogP contribution in [-0.4, -0.2) is 47.0 Å². The Morgan fingerprint density at radius 3 is 2.27 bits per heavy atom. The van der Waals surface area contributed by atoms with Crippen molar-refractivity contribution in [1.82, 2.24) is 10.6 Å². The number of nitrogens with one attached hydrogen (secondary N) is 2. The molecule has 0 saturated carbocycles. The molecule has 0 amide bonds. The number of ether oxygens (including phenoxy) is 4. The SMILES string of the molecule is CN=C(NCc1ccc(OC)c(OC)c1OC)NCC(C)Oc1ccccc1F.I. The van der Waals surface area contributed by atoms with Gasteiger partial charge in [-0.1, -0.05) is 12.1 Å². The lowest BCUT2D eigenvalue weighted by Crippen LogP contribution is -2.41. The zero-order valence-electron chi connectivity index (χ0n) is 17.8. The summed E-state index contributed by atoms with van der Waals surface area (Å²) in [5, 5.41) is 6.38. The number of halogens is 2. The molecule has 1 unspecified atom stereocenters. The first-order valence-electron chi connectivity index (χ1n) is 9.17. The van der Waals surface area contributed by atoms with Crippen molar-refractivity contribution in [3.63, 3.8) is 0 Å². The van der Waals surface area contributed by atoms with E-state index in [2.05, 4.69) is 15.6 Å². The summed E-state index contributed by atoms with van der Waals surface area (Å²) in [6.07, 6.45) is -0.263. The van der Waals surface area contributed by atoms with Gasteiger partial charge in [0, 0.05) is 19.2 Å². The predicted molar refractivity (Wildman–Crippen MR) is 126 cm³/mol. The van der Waals surface area contributed by atoms with Crippen LogP contribution in [0.3, 0.4) is 0 Å². The Kier molecular flexibility index (Phi) is 11.1. The number of nitrogens with zero attached hydrogens (tertiary/aromatic N) is 1. The van der Waals surface area contributed by atoms with Crippen LogP contribution in [0.1, 0.15) is 12.5 Å². The van der Waals surface area contributed by atoms with Gasteiger partial charge in [0.25, 0.3) is 0 Å². The lowest BCUT2D eigenvalue weighted by Gasteiger charge is -2.19. The van der Waals surface area contributed by atoms with Crippen LogP contribution in [-0.2, 0) is 6.54 Å². The molecular formula is C21H29FIN3O4. The van der Waals surface area contributed by atoms with E-state index >= 15 is 0 Å². The molecule has 166 valence electrons. The normalized spacial score (nSPS) is 11.7. The van der Waals surface area contributed by atoms with Crippen molar-refractivity contribution in [3.05, 3.63) is 47.8 Å². The van der Waals surface area contributed by atoms with E-state index in [-0.39, 0.29) is 41.6 Å². The molecule has 9 heteroatoms. The van der Waals surface area contributed by atoms with Crippen LogP contribution in [0.5, 0.6) is 23.0 Å². The van der Waals surface area contributed by atoms with Crippen LogP contribution in [0.25, 0.3) is 0 Å². The molecule has 0 aromatic heterocycles. The highest BCUT2D eigenvalue weighted by Crippen LogP contribution is 2.39. The van der Waals surface area contributed by atoms with E-state index in [1.54, 1.807) is 46.6 Å². The molecule has 2 aromatic rings. The highest BCUT2D eigenvalue weighted by Gasteiger charge is 2.16. The third-order valence-corrected chi connectivity index (χ3v) is 4.18. The average molecular weight is 533 g/mol. The summed E-state index contributed by atoms with van der Waals surface area (Å²) < 4.78 is 35.5. The molecule has 2 N–H and O–H groups in total. The molecule has 0 aliphatic heterocycles. The molecule has 1 atom stereocenters. The van der Waals surface area contributed by atoms with Crippen molar-refractivity contribution >= 4 is 29.9 Å². The summed E-state index contributed by atoms with van der Waals surface area (Å²) in [6.45, 7) is 2.74. The van der Waals surface area contributed by atoms with Gasteiger partial charge in [-0.2, -0.15) is 0 Å². The van der Waals surface area contributed by atoms with E-state index < -0.39 is 0 Å². The average Bonchev–Trinajstić information content (AvgIpc) is 2.74. The predicted octanol–water partition coefficient (Wildman–Crippen LogP) is 3.60. The van der Waals surface area contributed by atoms with Crippen LogP contribution in [0, 0.1) is 5.82 Å². The third kappa shape index (κ3) is 6.82. The molecule has 0 aliphatic carbocycles. The summed E-state index contributed by atoms with van der Waals surface area (Å²) in [5.74, 6) is 2.12. The zero-order valence-corrected chi connectivity index (χ0v) is 20.2. The summed E-state index contributed by atoms with van der Waals surface area (Å²) >= 11 is 0. The first-order chi connectivity index (χ1) is 14.0. The molecule has 0 heterocycles. The van der Waals surface area contributed by atoms with Crippen molar-refractivity contribution in [2.24, 2.45) is 4.99 Å². The Labute approximate surface area is 194 Å². The van der Waals surface area contributed by atoms with Gasteiger partial charge in [0.1, 0.15) is 6.10 Å². The smallest absolute Gasteiger partial charge is 0.203 e. The maximum Gasteiger partial charge on any atom is 0.203 e. The molecule has 30 heavy (non-hydrogen) atoms. The zero-order chi connectivity index (χ0) is 21.2. The second-order valence-corrected chi connectivity index (χ2v) is 6.16. The fraction of sp³-hybridized carbons (Fsp3) is 0.381. The van der Waals surface area contributed by atoms with Crippen molar-refractivity contribution in [1.29, 1.82) is 0 Å². The van der Waals surface area contributed by atoms with Gasteiger partial charge in [-0.15, -0.1) is 24.0 Å². The Morgan fingerprint density at radius 1 is 0.967 bits per heavy atom. The van der Waals surface area contributed by atoms with Gasteiger partial charge in [0.15, 0.2) is 29.0 Å². The van der Waals surface area contributed by atoms with Crippen LogP contribution < -0.4 is 29.6 Å². The van der Waals surface area contributed by atoms with Crippen LogP contribution >= 0.6 is 24.0 Å². The van der Waals surface area contributed by atoms with Gasteiger partial charge in [-0.05, 0) is 31.2 Å². The minimum absolute atomic E-state index is 0. The number of methoxy groups -OCH3 is 3. The second kappa shape index (κ2) is 13.0. The van der Waals surface area contributed by atoms with Gasteiger partial charge in [-0.3, -0.25) is 4.99 Å². The fourth-order valence-electron chi connectivity index (χ4n) is 2.74. The number of rotatable bonds is 9. The lowest BCUT2D eigenvalue weighted by molar-refractivity contribution is 0.214. The highest BCUT2D eigenvalue weighted by molar-refractivity contribution is 14.0. The number of hydrogen-bond donors (Lipinski definition) is 2. The fourth-order valence-corrected chi connectivity index (χ4v) is 2.74. The number of aliphatic imine (C=N–C) groups is 1. The standard InChI is InChI=1S/C21H28FN3O4.HI/c1-14(29-17-9-7-6-8-16(17)22)12-24-21(23-2)25-13-15-10-11-18(26-3)20(28-5)19(15)27-4;/h6-11,14H,12-13H2,1-5H3,(H2,23,24,25);1H. The van der Waals surface area contributed by atoms with Gasteiger partial charge in [0.05, 0.1) is 27.9 Å². The minimum atomic E-state index is -0.387. The van der Waals surface area contributed by atoms with Gasteiger partial charge >= 0.3 is 0 Å². The maximum atomic E-state index is 13.7. The number of para-hydroxylation sites is 1. The molecule has 0 fully saturated rings. The first-order valence-corrected chi connectivity index (χ1v) is 9.17. The molecule has 2 aromatic carbocycles. The molecule has 0 radical (unpaired) electrons. The van der Waals surface area contributed by atoms with E-state index in [9.17, 15) is 4.39 Å². The van der Waals surface area contributed by atoms with Gasteiger partial charge in [0.2, 0.25) is 5.75 Å². The van der Waals surface area contributed by atoms with E-state index in [0.717, 1.165) is 5.56 Å². The minimum Gasteiger partial charge on any atom is -0.493 e. The largest absolute Gasteiger partial charge is 0.493 e. The summed E-state index contributed by atoms with van der Waals surface area (Å²) in [7, 11) is 6.39. The topological polar surface area (TPSA) is 73.3 Å². The van der Waals surface area contributed by atoms with Crippen LogP contribution in [0.4, 0.5) is 4.39 Å². The Bertz CT molecular complexity index is 836. The van der Waals surface area contributed by atoms with Crippen molar-refractivity contribution in [2.45, 2.75) is 19.6 Å². The van der Waals surface area contributed by atoms with E-state index in [0.29, 0.717) is 36.3 Å². The Balaban J connectivity index is 0.00000450. The molecular weight excluding hydrogens is 504 g/mol. The summed E-state index contributed by atoms with van der Waals surface area (Å²) in [5.41, 5.74) is 0.878. The molecule has 0 spiro atoms. The molecule has 2 rings (SSSR count). The van der Waals surface area contributed by atoms with Gasteiger partial charge in [-0.25, -0.2) is 4.39 Å². The number of guanidine groups is 1.